The van der Waals surface area contributed by atoms with Crippen molar-refractivity contribution in [3.8, 4) is 0 Å². The first-order chi connectivity index (χ1) is 14.3. The third-order valence-corrected chi connectivity index (χ3v) is 5.23. The Morgan fingerprint density at radius 1 is 0.633 bits per heavy atom. The molecule has 0 aromatic heterocycles. The summed E-state index contributed by atoms with van der Waals surface area (Å²) in [6.07, 6.45) is 14.5. The third-order valence-electron chi connectivity index (χ3n) is 5.23. The Labute approximate surface area is 185 Å². The molecule has 0 rings (SSSR count). The van der Waals surface area contributed by atoms with E-state index in [4.69, 9.17) is 24.7 Å². The second-order valence-electron chi connectivity index (χ2n) is 8.55. The summed E-state index contributed by atoms with van der Waals surface area (Å²) in [5.41, 5.74) is 4.65. The molecule has 0 bridgehead atoms. The van der Waals surface area contributed by atoms with Gasteiger partial charge in [-0.2, -0.15) is 0 Å². The number of amides is 1. The lowest BCUT2D eigenvalue weighted by Crippen LogP contribution is -2.39. The number of primary amides is 1. The van der Waals surface area contributed by atoms with Crippen LogP contribution in [0.5, 0.6) is 0 Å². The molecule has 6 nitrogen and oxygen atoms in total. The number of hydrogen-bond donors (Lipinski definition) is 1. The van der Waals surface area contributed by atoms with E-state index in [2.05, 4.69) is 0 Å². The second-order valence-corrected chi connectivity index (χ2v) is 8.55. The summed E-state index contributed by atoms with van der Waals surface area (Å²) in [6, 6.07) is 0. The van der Waals surface area contributed by atoms with Crippen LogP contribution in [0, 0.1) is 0 Å². The van der Waals surface area contributed by atoms with Gasteiger partial charge in [0.05, 0.1) is 0 Å². The van der Waals surface area contributed by atoms with Gasteiger partial charge in [0.15, 0.2) is 0 Å². The summed E-state index contributed by atoms with van der Waals surface area (Å²) in [4.78, 5) is 10.8. The molecule has 0 radical (unpaired) electrons. The van der Waals surface area contributed by atoms with Gasteiger partial charge in [-0.05, 0) is 53.9 Å². The van der Waals surface area contributed by atoms with Gasteiger partial charge in [-0.1, -0.05) is 57.8 Å². The van der Waals surface area contributed by atoms with E-state index in [1.807, 2.05) is 34.6 Å². The molecule has 0 unspecified atom stereocenters. The fraction of sp³-hybridized carbons (Fsp3) is 0.958. The second kappa shape index (κ2) is 17.8. The van der Waals surface area contributed by atoms with E-state index in [1.54, 1.807) is 0 Å². The van der Waals surface area contributed by atoms with Crippen molar-refractivity contribution in [1.29, 1.82) is 0 Å². The average molecular weight is 432 g/mol. The van der Waals surface area contributed by atoms with Gasteiger partial charge in [-0.3, -0.25) is 0 Å². The van der Waals surface area contributed by atoms with Gasteiger partial charge in [0.2, 0.25) is 0 Å². The molecule has 30 heavy (non-hydrogen) atoms. The van der Waals surface area contributed by atoms with Gasteiger partial charge in [0, 0.05) is 26.2 Å². The van der Waals surface area contributed by atoms with Crippen LogP contribution in [0.15, 0.2) is 0 Å². The highest BCUT2D eigenvalue weighted by molar-refractivity contribution is 5.65. The first-order valence-corrected chi connectivity index (χ1v) is 12.2. The summed E-state index contributed by atoms with van der Waals surface area (Å²) >= 11 is 0. The summed E-state index contributed by atoms with van der Waals surface area (Å²) < 4.78 is 22.4. The zero-order chi connectivity index (χ0) is 22.7. The molecule has 0 heterocycles. The molecule has 0 atom stereocenters. The standard InChI is InChI=1S/C24H49NO5/c1-6-27-24(28-7-2,29-8-3)21-19-17-15-13-11-9-10-12-14-16-18-20-23(4,5)30-22(25)26/h6-21H2,1-5H3,(H2,25,26). The van der Waals surface area contributed by atoms with Gasteiger partial charge in [-0.25, -0.2) is 4.79 Å². The topological polar surface area (TPSA) is 80.0 Å². The summed E-state index contributed by atoms with van der Waals surface area (Å²) in [5, 5.41) is 0. The molecule has 1 amide bonds. The number of unbranched alkanes of at least 4 members (excludes halogenated alkanes) is 10. The number of ether oxygens (including phenoxy) is 4. The van der Waals surface area contributed by atoms with E-state index >= 15 is 0 Å². The van der Waals surface area contributed by atoms with Crippen LogP contribution >= 0.6 is 0 Å². The number of carbonyl (C=O) groups excluding carboxylic acids is 1. The molecule has 2 N–H and O–H groups in total. The normalized spacial score (nSPS) is 12.3. The van der Waals surface area contributed by atoms with Crippen molar-refractivity contribution in [3.63, 3.8) is 0 Å². The average Bonchev–Trinajstić information content (AvgIpc) is 2.65. The van der Waals surface area contributed by atoms with Crippen LogP contribution in [-0.2, 0) is 18.9 Å². The van der Waals surface area contributed by atoms with Gasteiger partial charge in [0.25, 0.3) is 5.97 Å². The molecule has 6 heteroatoms. The lowest BCUT2D eigenvalue weighted by atomic mass is 9.99. The molecular formula is C24H49NO5. The van der Waals surface area contributed by atoms with Gasteiger partial charge in [0.1, 0.15) is 5.60 Å². The monoisotopic (exact) mass is 431 g/mol. The maximum atomic E-state index is 10.8. The molecule has 0 spiro atoms. The summed E-state index contributed by atoms with van der Waals surface area (Å²) in [7, 11) is 0. The maximum Gasteiger partial charge on any atom is 0.405 e. The zero-order valence-corrected chi connectivity index (χ0v) is 20.4. The van der Waals surface area contributed by atoms with Gasteiger partial charge >= 0.3 is 6.09 Å². The Bertz CT molecular complexity index is 397. The Kier molecular flexibility index (Phi) is 17.3. The van der Waals surface area contributed by atoms with Crippen LogP contribution < -0.4 is 5.73 Å². The molecule has 0 aliphatic rings. The predicted octanol–water partition coefficient (Wildman–Crippen LogP) is 6.69. The van der Waals surface area contributed by atoms with Crippen molar-refractivity contribution in [3.05, 3.63) is 0 Å². The van der Waals surface area contributed by atoms with Crippen molar-refractivity contribution in [1.82, 2.24) is 0 Å². The van der Waals surface area contributed by atoms with Gasteiger partial charge < -0.3 is 24.7 Å². The predicted molar refractivity (Wildman–Crippen MR) is 122 cm³/mol. The van der Waals surface area contributed by atoms with Crippen LogP contribution in [0.25, 0.3) is 0 Å². The van der Waals surface area contributed by atoms with Crippen LogP contribution in [0.1, 0.15) is 118 Å². The van der Waals surface area contributed by atoms with E-state index in [0.29, 0.717) is 19.8 Å². The van der Waals surface area contributed by atoms with Crippen molar-refractivity contribution < 1.29 is 23.7 Å². The quantitative estimate of drug-likeness (QED) is 0.162. The molecule has 0 aromatic carbocycles. The highest BCUT2D eigenvalue weighted by Gasteiger charge is 2.31. The molecular weight excluding hydrogens is 382 g/mol. The highest BCUT2D eigenvalue weighted by Crippen LogP contribution is 2.24. The molecule has 180 valence electrons. The first kappa shape index (κ1) is 29.1. The Morgan fingerprint density at radius 2 is 0.967 bits per heavy atom. The summed E-state index contributed by atoms with van der Waals surface area (Å²) in [5.74, 6) is -0.848. The van der Waals surface area contributed by atoms with Gasteiger partial charge in [-0.15, -0.1) is 0 Å². The number of rotatable bonds is 21. The largest absolute Gasteiger partial charge is 0.444 e. The summed E-state index contributed by atoms with van der Waals surface area (Å²) in [6.45, 7) is 11.6. The fourth-order valence-electron chi connectivity index (χ4n) is 3.81. The minimum absolute atomic E-state index is 0.445. The van der Waals surface area contributed by atoms with Crippen LogP contribution in [0.4, 0.5) is 4.79 Å². The number of carbonyl (C=O) groups is 1. The number of hydrogen-bond acceptors (Lipinski definition) is 5. The molecule has 0 aliphatic heterocycles. The highest BCUT2D eigenvalue weighted by atomic mass is 16.9. The van der Waals surface area contributed by atoms with Crippen molar-refractivity contribution in [2.24, 2.45) is 5.73 Å². The lowest BCUT2D eigenvalue weighted by Gasteiger charge is -2.32. The van der Waals surface area contributed by atoms with Crippen molar-refractivity contribution in [2.75, 3.05) is 19.8 Å². The molecule has 0 saturated heterocycles. The fourth-order valence-corrected chi connectivity index (χ4v) is 3.81. The van der Waals surface area contributed by atoms with Crippen LogP contribution in [-0.4, -0.2) is 37.5 Å². The molecule has 0 fully saturated rings. The van der Waals surface area contributed by atoms with E-state index in [9.17, 15) is 4.79 Å². The number of nitrogens with two attached hydrogens (primary N) is 1. The SMILES string of the molecule is CCOC(CCCCCCCCCCCCCC(C)(C)OC(N)=O)(OCC)OCC. The van der Waals surface area contributed by atoms with Crippen molar-refractivity contribution in [2.45, 2.75) is 130 Å². The maximum absolute atomic E-state index is 10.8. The van der Waals surface area contributed by atoms with Crippen LogP contribution in [0.3, 0.4) is 0 Å². The van der Waals surface area contributed by atoms with E-state index in [-0.39, 0.29) is 0 Å². The first-order valence-electron chi connectivity index (χ1n) is 12.2. The Morgan fingerprint density at radius 3 is 1.30 bits per heavy atom. The Balaban J connectivity index is 3.62. The van der Waals surface area contributed by atoms with E-state index in [1.165, 1.54) is 57.8 Å². The van der Waals surface area contributed by atoms with Crippen molar-refractivity contribution >= 4 is 6.09 Å². The zero-order valence-electron chi connectivity index (χ0n) is 20.4. The molecule has 0 aromatic rings. The van der Waals surface area contributed by atoms with Crippen LogP contribution in [0.2, 0.25) is 0 Å². The van der Waals surface area contributed by atoms with E-state index < -0.39 is 17.7 Å². The van der Waals surface area contributed by atoms with E-state index in [0.717, 1.165) is 25.7 Å². The third kappa shape index (κ3) is 15.9. The smallest absolute Gasteiger partial charge is 0.405 e. The minimum atomic E-state index is -0.848. The lowest BCUT2D eigenvalue weighted by molar-refractivity contribution is -0.380. The molecule has 0 saturated carbocycles. The Hall–Kier alpha value is -0.850. The molecule has 0 aliphatic carbocycles. The minimum Gasteiger partial charge on any atom is -0.444 e.